The zero-order chi connectivity index (χ0) is 5.56. The molecule has 0 aromatic heterocycles. The predicted molar refractivity (Wildman–Crippen MR) is 31.6 cm³/mol. The van der Waals surface area contributed by atoms with Gasteiger partial charge in [0, 0.05) is 12.5 Å². The molecular weight excluding hydrogens is 100 g/mol. The van der Waals surface area contributed by atoms with E-state index in [4.69, 9.17) is 4.74 Å². The van der Waals surface area contributed by atoms with Gasteiger partial charge in [0.05, 0.1) is 6.10 Å². The zero-order valence-corrected chi connectivity index (χ0v) is 4.89. The van der Waals surface area contributed by atoms with E-state index < -0.39 is 0 Å². The Kier molecular flexibility index (Phi) is 0.770. The molecule has 0 amide bonds. The third-order valence-electron chi connectivity index (χ3n) is 2.05. The van der Waals surface area contributed by atoms with E-state index in [0.717, 1.165) is 12.5 Å². The van der Waals surface area contributed by atoms with Crippen molar-refractivity contribution in [2.75, 3.05) is 6.61 Å². The van der Waals surface area contributed by atoms with Gasteiger partial charge in [-0.2, -0.15) is 0 Å². The molecule has 44 valence electrons. The van der Waals surface area contributed by atoms with Crippen LogP contribution in [-0.2, 0) is 4.74 Å². The van der Waals surface area contributed by atoms with Crippen molar-refractivity contribution in [1.82, 2.24) is 0 Å². The molecule has 1 saturated carbocycles. The predicted octanol–water partition coefficient (Wildman–Crippen LogP) is 1.35. The number of hydrogen-bond donors (Lipinski definition) is 0. The van der Waals surface area contributed by atoms with Gasteiger partial charge in [-0.1, -0.05) is 6.58 Å². The smallest absolute Gasteiger partial charge is 0.0852 e. The highest BCUT2D eigenvalue weighted by molar-refractivity contribution is 5.29. The van der Waals surface area contributed by atoms with Crippen LogP contribution in [0.25, 0.3) is 0 Å². The summed E-state index contributed by atoms with van der Waals surface area (Å²) in [5.41, 5.74) is 1.34. The van der Waals surface area contributed by atoms with Crippen LogP contribution in [0.1, 0.15) is 12.8 Å². The standard InChI is InChI=1S/C7H10O/c1-5-6-3-2-4-8-7(5)6/h6-7H,1-4H2. The van der Waals surface area contributed by atoms with Crippen LogP contribution in [-0.4, -0.2) is 12.7 Å². The molecule has 0 bridgehead atoms. The lowest BCUT2D eigenvalue weighted by molar-refractivity contribution is 0.0831. The fourth-order valence-corrected chi connectivity index (χ4v) is 1.42. The first kappa shape index (κ1) is 4.57. The van der Waals surface area contributed by atoms with Gasteiger partial charge in [-0.15, -0.1) is 0 Å². The summed E-state index contributed by atoms with van der Waals surface area (Å²) in [6.45, 7) is 4.84. The number of ether oxygens (including phenoxy) is 1. The molecule has 8 heavy (non-hydrogen) atoms. The molecule has 1 heteroatoms. The number of hydrogen-bond acceptors (Lipinski definition) is 1. The molecule has 1 heterocycles. The van der Waals surface area contributed by atoms with Gasteiger partial charge in [0.15, 0.2) is 0 Å². The van der Waals surface area contributed by atoms with E-state index >= 15 is 0 Å². The fourth-order valence-electron chi connectivity index (χ4n) is 1.42. The number of fused-ring (bicyclic) bond motifs is 1. The van der Waals surface area contributed by atoms with Crippen LogP contribution in [0.3, 0.4) is 0 Å². The lowest BCUT2D eigenvalue weighted by atomic mass is 10.2. The summed E-state index contributed by atoms with van der Waals surface area (Å²) in [7, 11) is 0. The minimum atomic E-state index is 0.476. The number of rotatable bonds is 0. The molecule has 0 spiro atoms. The Morgan fingerprint density at radius 1 is 1.62 bits per heavy atom. The molecule has 0 aromatic rings. The highest BCUT2D eigenvalue weighted by atomic mass is 16.5. The molecule has 1 aliphatic heterocycles. The average Bonchev–Trinajstić information content (AvgIpc) is 2.46. The van der Waals surface area contributed by atoms with Crippen molar-refractivity contribution in [3.05, 3.63) is 12.2 Å². The molecule has 0 radical (unpaired) electrons. The molecule has 2 unspecified atom stereocenters. The summed E-state index contributed by atoms with van der Waals surface area (Å²) in [6.07, 6.45) is 3.03. The first-order valence-corrected chi connectivity index (χ1v) is 3.20. The monoisotopic (exact) mass is 110 g/mol. The molecule has 2 rings (SSSR count). The topological polar surface area (TPSA) is 9.23 Å². The van der Waals surface area contributed by atoms with Gasteiger partial charge < -0.3 is 4.74 Å². The van der Waals surface area contributed by atoms with Gasteiger partial charge in [0.1, 0.15) is 0 Å². The molecule has 1 aliphatic carbocycles. The molecule has 2 aliphatic rings. The van der Waals surface area contributed by atoms with E-state index in [2.05, 4.69) is 6.58 Å². The molecule has 1 nitrogen and oxygen atoms in total. The molecule has 2 fully saturated rings. The SMILES string of the molecule is C=C1C2CCCOC12. The van der Waals surface area contributed by atoms with Gasteiger partial charge in [-0.25, -0.2) is 0 Å². The van der Waals surface area contributed by atoms with Crippen molar-refractivity contribution < 1.29 is 4.74 Å². The second kappa shape index (κ2) is 1.35. The maximum Gasteiger partial charge on any atom is 0.0852 e. The Bertz CT molecular complexity index is 114. The third kappa shape index (κ3) is 0.451. The van der Waals surface area contributed by atoms with Crippen LogP contribution in [0.15, 0.2) is 12.2 Å². The third-order valence-corrected chi connectivity index (χ3v) is 2.05. The van der Waals surface area contributed by atoms with E-state index in [-0.39, 0.29) is 0 Å². The van der Waals surface area contributed by atoms with Gasteiger partial charge in [-0.3, -0.25) is 0 Å². The van der Waals surface area contributed by atoms with E-state index in [1.807, 2.05) is 0 Å². The molecule has 0 N–H and O–H groups in total. The maximum absolute atomic E-state index is 5.36. The maximum atomic E-state index is 5.36. The van der Waals surface area contributed by atoms with Crippen molar-refractivity contribution in [2.24, 2.45) is 5.92 Å². The van der Waals surface area contributed by atoms with Crippen molar-refractivity contribution in [1.29, 1.82) is 0 Å². The second-order valence-corrected chi connectivity index (χ2v) is 2.62. The first-order valence-electron chi connectivity index (χ1n) is 3.20. The minimum Gasteiger partial charge on any atom is -0.373 e. The average molecular weight is 110 g/mol. The summed E-state index contributed by atoms with van der Waals surface area (Å²) >= 11 is 0. The zero-order valence-electron chi connectivity index (χ0n) is 4.89. The minimum absolute atomic E-state index is 0.476. The fraction of sp³-hybridized carbons (Fsp3) is 0.714. The summed E-state index contributed by atoms with van der Waals surface area (Å²) in [6, 6.07) is 0. The first-order chi connectivity index (χ1) is 3.89. The van der Waals surface area contributed by atoms with Crippen LogP contribution in [0, 0.1) is 5.92 Å². The van der Waals surface area contributed by atoms with Crippen molar-refractivity contribution in [3.63, 3.8) is 0 Å². The van der Waals surface area contributed by atoms with Crippen LogP contribution in [0.5, 0.6) is 0 Å². The van der Waals surface area contributed by atoms with Crippen molar-refractivity contribution in [2.45, 2.75) is 18.9 Å². The molecule has 1 saturated heterocycles. The van der Waals surface area contributed by atoms with Crippen LogP contribution < -0.4 is 0 Å². The summed E-state index contributed by atoms with van der Waals surface area (Å²) in [4.78, 5) is 0. The summed E-state index contributed by atoms with van der Waals surface area (Å²) < 4.78 is 5.36. The van der Waals surface area contributed by atoms with E-state index in [0.29, 0.717) is 6.10 Å². The van der Waals surface area contributed by atoms with Gasteiger partial charge >= 0.3 is 0 Å². The lowest BCUT2D eigenvalue weighted by Crippen LogP contribution is -2.05. The Labute approximate surface area is 49.3 Å². The lowest BCUT2D eigenvalue weighted by Gasteiger charge is -2.06. The van der Waals surface area contributed by atoms with Gasteiger partial charge in [0.25, 0.3) is 0 Å². The quantitative estimate of drug-likeness (QED) is 0.428. The largest absolute Gasteiger partial charge is 0.373 e. The molecular formula is C7H10O. The van der Waals surface area contributed by atoms with Crippen LogP contribution in [0.4, 0.5) is 0 Å². The van der Waals surface area contributed by atoms with Gasteiger partial charge in [-0.05, 0) is 18.4 Å². The second-order valence-electron chi connectivity index (χ2n) is 2.62. The van der Waals surface area contributed by atoms with Crippen LogP contribution in [0.2, 0.25) is 0 Å². The summed E-state index contributed by atoms with van der Waals surface area (Å²) in [5.74, 6) is 0.753. The Hall–Kier alpha value is -0.300. The Balaban J connectivity index is 2.07. The molecule has 2 atom stereocenters. The van der Waals surface area contributed by atoms with E-state index in [1.54, 1.807) is 0 Å². The van der Waals surface area contributed by atoms with Crippen LogP contribution >= 0.6 is 0 Å². The normalized spacial score (nSPS) is 43.8. The van der Waals surface area contributed by atoms with Gasteiger partial charge in [0.2, 0.25) is 0 Å². The highest BCUT2D eigenvalue weighted by Crippen LogP contribution is 2.45. The van der Waals surface area contributed by atoms with Crippen molar-refractivity contribution in [3.8, 4) is 0 Å². The highest BCUT2D eigenvalue weighted by Gasteiger charge is 2.44. The van der Waals surface area contributed by atoms with E-state index in [9.17, 15) is 0 Å². The molecule has 0 aromatic carbocycles. The van der Waals surface area contributed by atoms with Crippen molar-refractivity contribution >= 4 is 0 Å². The Morgan fingerprint density at radius 3 is 3.00 bits per heavy atom. The summed E-state index contributed by atoms with van der Waals surface area (Å²) in [5, 5.41) is 0. The van der Waals surface area contributed by atoms with E-state index in [1.165, 1.54) is 18.4 Å². The Morgan fingerprint density at radius 2 is 2.50 bits per heavy atom.